The first kappa shape index (κ1) is 57.0. The Labute approximate surface area is 77.7 Å². The maximum Gasteiger partial charge on any atom is 4.00 e. The van der Waals surface area contributed by atoms with Gasteiger partial charge in [-0.05, 0) is 0 Å². The summed E-state index contributed by atoms with van der Waals surface area (Å²) in [4.78, 5) is 0. The molecular formula is C8H20Pt+2. The molecule has 60 valence electrons. The fourth-order valence-corrected chi connectivity index (χ4v) is 0. The van der Waals surface area contributed by atoms with Crippen LogP contribution in [0.5, 0.6) is 0 Å². The third-order valence-electron chi connectivity index (χ3n) is 0.250. The van der Waals surface area contributed by atoms with Gasteiger partial charge in [0.25, 0.3) is 0 Å². The van der Waals surface area contributed by atoms with Crippen LogP contribution in [0.4, 0.5) is 0 Å². The summed E-state index contributed by atoms with van der Waals surface area (Å²) in [6, 6.07) is 0. The van der Waals surface area contributed by atoms with Gasteiger partial charge >= 0.3 is 21.1 Å². The normalized spacial score (nSPS) is 3.22. The molecule has 0 bridgehead atoms. The summed E-state index contributed by atoms with van der Waals surface area (Å²) in [5.74, 6) is 0. The van der Waals surface area contributed by atoms with Crippen LogP contribution in [0.1, 0.15) is 12.8 Å². The molecule has 0 saturated carbocycles. The number of unbranched alkanes of at least 4 members (excludes halogenated alkanes) is 1. The Hall–Kier alpha value is 0.428. The van der Waals surface area contributed by atoms with Crippen molar-refractivity contribution in [1.29, 1.82) is 0 Å². The topological polar surface area (TPSA) is 0 Å². The summed E-state index contributed by atoms with van der Waals surface area (Å²) in [6.45, 7) is 7.08. The fourth-order valence-electron chi connectivity index (χ4n) is 0. The average Bonchev–Trinajstić information content (AvgIpc) is 1.37. The Morgan fingerprint density at radius 2 is 1.22 bits per heavy atom. The number of hydrogen-bond acceptors (Lipinski definition) is 0. The Kier molecular flexibility index (Phi) is 499. The summed E-state index contributed by atoms with van der Waals surface area (Å²) >= 11 is 0. The van der Waals surface area contributed by atoms with Gasteiger partial charge in [-0.25, -0.2) is 0 Å². The Morgan fingerprint density at radius 3 is 1.22 bits per heavy atom. The van der Waals surface area contributed by atoms with Crippen LogP contribution in [-0.2, 0) is 21.1 Å². The zero-order valence-electron chi connectivity index (χ0n) is 7.14. The predicted octanol–water partition coefficient (Wildman–Crippen LogP) is 3.23. The number of hydrogen-bond donors (Lipinski definition) is 0. The van der Waals surface area contributed by atoms with Crippen molar-refractivity contribution in [3.8, 4) is 0 Å². The van der Waals surface area contributed by atoms with E-state index in [1.807, 2.05) is 0 Å². The van der Waals surface area contributed by atoms with Gasteiger partial charge in [0.2, 0.25) is 0 Å². The minimum Gasteiger partial charge on any atom is -0.358 e. The molecule has 0 aromatic heterocycles. The van der Waals surface area contributed by atoms with Crippen molar-refractivity contribution in [2.45, 2.75) is 12.8 Å². The SMILES string of the molecule is [CH2+]CC[CH2-].[CH3+].[CH3-].[CH3-].[CH3-].[Pt+4]. The molecule has 0 aliphatic heterocycles. The average molecular weight is 311 g/mol. The van der Waals surface area contributed by atoms with Crippen LogP contribution in [0.25, 0.3) is 0 Å². The van der Waals surface area contributed by atoms with Crippen LogP contribution < -0.4 is 0 Å². The quantitative estimate of drug-likeness (QED) is 0.652. The van der Waals surface area contributed by atoms with Crippen LogP contribution in [0.2, 0.25) is 0 Å². The van der Waals surface area contributed by atoms with E-state index in [2.05, 4.69) is 13.8 Å². The van der Waals surface area contributed by atoms with E-state index < -0.39 is 0 Å². The maximum absolute atomic E-state index is 3.54. The Balaban J connectivity index is -0.00000000450. The Bertz CT molecular complexity index is 6.53. The molecule has 1 heteroatoms. The monoisotopic (exact) mass is 311 g/mol. The van der Waals surface area contributed by atoms with Gasteiger partial charge in [-0.3, -0.25) is 0 Å². The second kappa shape index (κ2) is 78.9. The molecule has 0 rings (SSSR count). The molecule has 0 atom stereocenters. The zero-order chi connectivity index (χ0) is 3.41. The van der Waals surface area contributed by atoms with E-state index in [4.69, 9.17) is 0 Å². The van der Waals surface area contributed by atoms with Crippen LogP contribution >= 0.6 is 0 Å². The second-order valence-electron chi connectivity index (χ2n) is 0.707. The first-order valence-corrected chi connectivity index (χ1v) is 1.50. The van der Waals surface area contributed by atoms with Gasteiger partial charge in [0.15, 0.2) is 0 Å². The molecule has 0 aromatic rings. The van der Waals surface area contributed by atoms with E-state index in [0.717, 1.165) is 12.8 Å². The molecule has 0 spiro atoms. The van der Waals surface area contributed by atoms with E-state index >= 15 is 0 Å². The van der Waals surface area contributed by atoms with E-state index in [9.17, 15) is 0 Å². The molecule has 0 N–H and O–H groups in total. The van der Waals surface area contributed by atoms with Gasteiger partial charge in [-0.15, -0.1) is 6.42 Å². The van der Waals surface area contributed by atoms with Crippen LogP contribution in [-0.4, -0.2) is 0 Å². The summed E-state index contributed by atoms with van der Waals surface area (Å²) in [5, 5.41) is 0. The summed E-state index contributed by atoms with van der Waals surface area (Å²) in [6.07, 6.45) is 1.92. The molecule has 0 aliphatic carbocycles. The van der Waals surface area contributed by atoms with Gasteiger partial charge in [0, 0.05) is 7.43 Å². The molecule has 9 heavy (non-hydrogen) atoms. The van der Waals surface area contributed by atoms with Gasteiger partial charge < -0.3 is 29.2 Å². The van der Waals surface area contributed by atoms with Crippen LogP contribution in [0.3, 0.4) is 0 Å². The van der Waals surface area contributed by atoms with Crippen molar-refractivity contribution in [3.63, 3.8) is 0 Å². The minimum atomic E-state index is 0. The van der Waals surface area contributed by atoms with Gasteiger partial charge in [0.1, 0.15) is 0 Å². The van der Waals surface area contributed by atoms with E-state index in [1.165, 1.54) is 0 Å². The Morgan fingerprint density at radius 1 is 1.11 bits per heavy atom. The van der Waals surface area contributed by atoms with Gasteiger partial charge in [-0.1, -0.05) is 0 Å². The molecule has 0 fully saturated rings. The molecule has 0 amide bonds. The van der Waals surface area contributed by atoms with Crippen molar-refractivity contribution in [3.05, 3.63) is 43.6 Å². The zero-order valence-corrected chi connectivity index (χ0v) is 9.42. The fraction of sp³-hybridized carbons (Fsp3) is 0.250. The molecule has 0 nitrogen and oxygen atoms in total. The van der Waals surface area contributed by atoms with Crippen molar-refractivity contribution >= 4 is 0 Å². The van der Waals surface area contributed by atoms with Gasteiger partial charge in [0.05, 0.1) is 13.3 Å². The van der Waals surface area contributed by atoms with Crippen molar-refractivity contribution < 1.29 is 21.1 Å². The smallest absolute Gasteiger partial charge is 0.358 e. The molecule has 0 saturated heterocycles. The molecule has 0 unspecified atom stereocenters. The summed E-state index contributed by atoms with van der Waals surface area (Å²) in [5.41, 5.74) is 0. The third-order valence-corrected chi connectivity index (χ3v) is 0.250. The summed E-state index contributed by atoms with van der Waals surface area (Å²) < 4.78 is 0. The predicted molar refractivity (Wildman–Crippen MR) is 45.6 cm³/mol. The molecule has 0 heterocycles. The summed E-state index contributed by atoms with van der Waals surface area (Å²) in [7, 11) is 0. The van der Waals surface area contributed by atoms with Crippen LogP contribution in [0, 0.1) is 43.6 Å². The third kappa shape index (κ3) is 171. The molecule has 0 aromatic carbocycles. The maximum atomic E-state index is 3.54. The van der Waals surface area contributed by atoms with E-state index in [1.54, 1.807) is 0 Å². The van der Waals surface area contributed by atoms with Gasteiger partial charge in [-0.2, -0.15) is 0 Å². The van der Waals surface area contributed by atoms with E-state index in [0.29, 0.717) is 0 Å². The minimum absolute atomic E-state index is 0. The number of rotatable bonds is 1. The molecule has 0 radical (unpaired) electrons. The van der Waals surface area contributed by atoms with Crippen molar-refractivity contribution in [2.24, 2.45) is 0 Å². The van der Waals surface area contributed by atoms with Crippen LogP contribution in [0.15, 0.2) is 0 Å². The van der Waals surface area contributed by atoms with E-state index in [-0.39, 0.29) is 50.8 Å². The van der Waals surface area contributed by atoms with Crippen molar-refractivity contribution in [2.75, 3.05) is 0 Å². The largest absolute Gasteiger partial charge is 4.00 e. The molecule has 0 aliphatic rings. The van der Waals surface area contributed by atoms with Crippen molar-refractivity contribution in [1.82, 2.24) is 0 Å². The molecular weight excluding hydrogens is 291 g/mol. The first-order chi connectivity index (χ1) is 1.91. The standard InChI is InChI=1S/C4H8.4CH3.Pt/c1-3-4-2;;;;;/h1-4H2;4*1H3;/q;3*-1;+1;+4. The second-order valence-corrected chi connectivity index (χ2v) is 0.707. The first-order valence-electron chi connectivity index (χ1n) is 1.50.